The second-order valence-corrected chi connectivity index (χ2v) is 2.44. The maximum absolute atomic E-state index is 10.2. The normalized spacial score (nSPS) is 9.50. The predicted octanol–water partition coefficient (Wildman–Crippen LogP) is -1.09. The van der Waals surface area contributed by atoms with E-state index in [4.69, 9.17) is 9.84 Å². The van der Waals surface area contributed by atoms with Crippen LogP contribution in [0.1, 0.15) is 6.99 Å². The largest absolute Gasteiger partial charge is 1.00 e. The Morgan fingerprint density at radius 1 is 1.43 bits per heavy atom. The number of carbonyl (C=O) groups is 1. The topological polar surface area (TPSA) is 46.5 Å². The van der Waals surface area contributed by atoms with E-state index in [-0.39, 0.29) is 52.8 Å². The Hall–Kier alpha value is -0.134. The summed E-state index contributed by atoms with van der Waals surface area (Å²) in [6, 6.07) is 7.14. The van der Waals surface area contributed by atoms with E-state index in [1.54, 1.807) is 31.4 Å². The molecule has 0 saturated carbocycles. The molecule has 3 nitrogen and oxygen atoms in total. The van der Waals surface area contributed by atoms with Gasteiger partial charge >= 0.3 is 57.4 Å². The van der Waals surface area contributed by atoms with Gasteiger partial charge in [-0.15, -0.1) is 0 Å². The van der Waals surface area contributed by atoms with Crippen molar-refractivity contribution in [2.45, 2.75) is 0 Å². The smallest absolute Gasteiger partial charge is 1.00 e. The van der Waals surface area contributed by atoms with Crippen LogP contribution in [-0.2, 0) is 4.79 Å². The first-order valence-corrected chi connectivity index (χ1v) is 3.77. The second-order valence-electron chi connectivity index (χ2n) is 2.44. The second kappa shape index (κ2) is 7.20. The Kier molecular flexibility index (Phi) is 7.13. The fraction of sp³-hybridized carbons (Fsp3) is 0.100. The molecule has 1 rings (SSSR count). The summed E-state index contributed by atoms with van der Waals surface area (Å²) in [6.45, 7) is 0. The molecule has 0 aliphatic rings. The summed E-state index contributed by atoms with van der Waals surface area (Å²) in [4.78, 5) is 10.2. The van der Waals surface area contributed by atoms with Gasteiger partial charge in [-0.3, -0.25) is 0 Å². The number of methoxy groups -OCH3 is 1. The fourth-order valence-electron chi connectivity index (χ4n) is 0.883. The van der Waals surface area contributed by atoms with Crippen molar-refractivity contribution < 1.29 is 67.4 Å². The van der Waals surface area contributed by atoms with E-state index in [9.17, 15) is 4.79 Å². The van der Waals surface area contributed by atoms with E-state index in [1.165, 1.54) is 6.08 Å². The van der Waals surface area contributed by atoms with Crippen LogP contribution in [0.3, 0.4) is 0 Å². The van der Waals surface area contributed by atoms with Gasteiger partial charge in [-0.1, -0.05) is 12.1 Å². The minimum absolute atomic E-state index is 0. The third kappa shape index (κ3) is 4.93. The summed E-state index contributed by atoms with van der Waals surface area (Å²) in [5.41, 5.74) is 0.836. The molecular formula is C10H11KO3. The number of carboxylic acid groups (broad SMARTS) is 1. The van der Waals surface area contributed by atoms with Gasteiger partial charge in [0.15, 0.2) is 0 Å². The van der Waals surface area contributed by atoms with Crippen LogP contribution in [0.15, 0.2) is 30.3 Å². The van der Waals surface area contributed by atoms with E-state index in [0.29, 0.717) is 0 Å². The number of aliphatic carboxylic acids is 1. The number of hydrogen-bond donors (Lipinski definition) is 1. The minimum atomic E-state index is -0.948. The predicted molar refractivity (Wildman–Crippen MR) is 50.8 cm³/mol. The first-order valence-electron chi connectivity index (χ1n) is 3.77. The van der Waals surface area contributed by atoms with Gasteiger partial charge in [0.05, 0.1) is 7.11 Å². The number of benzene rings is 1. The molecule has 0 unspecified atom stereocenters. The molecule has 0 aliphatic carbocycles. The maximum Gasteiger partial charge on any atom is 1.00 e. The maximum atomic E-state index is 10.2. The van der Waals surface area contributed by atoms with Crippen LogP contribution in [0.5, 0.6) is 5.75 Å². The van der Waals surface area contributed by atoms with Crippen LogP contribution in [-0.4, -0.2) is 18.2 Å². The molecule has 14 heavy (non-hydrogen) atoms. The Labute approximate surface area is 127 Å². The summed E-state index contributed by atoms with van der Waals surface area (Å²) >= 11 is 0. The first-order chi connectivity index (χ1) is 6.22. The molecule has 0 aliphatic heterocycles. The van der Waals surface area contributed by atoms with E-state index >= 15 is 0 Å². The molecule has 0 spiro atoms. The van der Waals surface area contributed by atoms with Crippen molar-refractivity contribution >= 4 is 12.0 Å². The van der Waals surface area contributed by atoms with Gasteiger partial charge in [0.1, 0.15) is 5.75 Å². The van der Waals surface area contributed by atoms with Crippen molar-refractivity contribution in [2.75, 3.05) is 7.11 Å². The molecule has 70 valence electrons. The average molecular weight is 218 g/mol. The van der Waals surface area contributed by atoms with E-state index in [0.717, 1.165) is 17.4 Å². The summed E-state index contributed by atoms with van der Waals surface area (Å²) in [5.74, 6) is -0.191. The van der Waals surface area contributed by atoms with Gasteiger partial charge in [0.25, 0.3) is 0 Å². The van der Waals surface area contributed by atoms with Crippen LogP contribution < -0.4 is 56.1 Å². The van der Waals surface area contributed by atoms with Crippen molar-refractivity contribution in [1.29, 1.82) is 0 Å². The summed E-state index contributed by atoms with van der Waals surface area (Å²) < 4.78 is 4.95. The van der Waals surface area contributed by atoms with Gasteiger partial charge in [0.2, 0.25) is 0 Å². The Bertz CT molecular complexity index is 322. The first kappa shape index (κ1) is 13.9. The van der Waals surface area contributed by atoms with Crippen LogP contribution in [0, 0.1) is 0 Å². The van der Waals surface area contributed by atoms with Crippen molar-refractivity contribution in [1.82, 2.24) is 0 Å². The van der Waals surface area contributed by atoms with E-state index in [1.807, 2.05) is 0 Å². The Balaban J connectivity index is 0. The van der Waals surface area contributed by atoms with Crippen LogP contribution in [0.25, 0.3) is 6.08 Å². The van der Waals surface area contributed by atoms with E-state index in [2.05, 4.69) is 0 Å². The molecule has 0 aromatic heterocycles. The molecule has 0 atom stereocenters. The zero-order valence-corrected chi connectivity index (χ0v) is 11.4. The zero-order chi connectivity index (χ0) is 9.68. The molecule has 1 aromatic carbocycles. The van der Waals surface area contributed by atoms with Crippen molar-refractivity contribution in [3.05, 3.63) is 35.9 Å². The Morgan fingerprint density at radius 3 is 2.43 bits per heavy atom. The van der Waals surface area contributed by atoms with Crippen molar-refractivity contribution in [3.8, 4) is 5.75 Å². The number of hydrogen-bond acceptors (Lipinski definition) is 2. The molecule has 4 heteroatoms. The van der Waals surface area contributed by atoms with Gasteiger partial charge in [-0.2, -0.15) is 0 Å². The van der Waals surface area contributed by atoms with Gasteiger partial charge in [-0.05, 0) is 23.8 Å². The molecule has 0 amide bonds. The van der Waals surface area contributed by atoms with Crippen LogP contribution >= 0.6 is 0 Å². The number of carboxylic acids is 1. The molecule has 1 N–H and O–H groups in total. The quantitative estimate of drug-likeness (QED) is 0.518. The average Bonchev–Trinajstić information content (AvgIpc) is 2.15. The van der Waals surface area contributed by atoms with Crippen molar-refractivity contribution in [2.24, 2.45) is 0 Å². The minimum Gasteiger partial charge on any atom is -1.00 e. The summed E-state index contributed by atoms with van der Waals surface area (Å²) in [5, 5.41) is 8.36. The van der Waals surface area contributed by atoms with Crippen molar-refractivity contribution in [3.63, 3.8) is 0 Å². The number of ether oxygens (including phenoxy) is 1. The van der Waals surface area contributed by atoms with Gasteiger partial charge in [0, 0.05) is 6.08 Å². The SMILES string of the molecule is COc1ccc(C=CC(=O)O)cc1.[H-].[K+]. The molecule has 0 fully saturated rings. The van der Waals surface area contributed by atoms with Gasteiger partial charge < -0.3 is 11.3 Å². The molecule has 0 radical (unpaired) electrons. The molecule has 0 heterocycles. The van der Waals surface area contributed by atoms with Crippen LogP contribution in [0.4, 0.5) is 0 Å². The Morgan fingerprint density at radius 2 is 2.00 bits per heavy atom. The molecule has 0 saturated heterocycles. The number of rotatable bonds is 3. The van der Waals surface area contributed by atoms with Gasteiger partial charge in [-0.25, -0.2) is 4.79 Å². The molecule has 1 aromatic rings. The summed E-state index contributed by atoms with van der Waals surface area (Å²) in [6.07, 6.45) is 2.63. The van der Waals surface area contributed by atoms with E-state index < -0.39 is 5.97 Å². The molecular weight excluding hydrogens is 207 g/mol. The zero-order valence-electron chi connectivity index (χ0n) is 9.23. The third-order valence-corrected chi connectivity index (χ3v) is 1.53. The standard InChI is InChI=1S/C10H10O3.K.H/c1-13-9-5-2-8(3-6-9)4-7-10(11)12;;/h2-7H,1H3,(H,11,12);;/q;+1;-1. The van der Waals surface area contributed by atoms with Crippen LogP contribution in [0.2, 0.25) is 0 Å². The molecule has 0 bridgehead atoms. The fourth-order valence-corrected chi connectivity index (χ4v) is 0.883. The summed E-state index contributed by atoms with van der Waals surface area (Å²) in [7, 11) is 1.59. The monoisotopic (exact) mass is 218 g/mol. The third-order valence-electron chi connectivity index (χ3n) is 1.53.